The molecule has 0 aliphatic carbocycles. The van der Waals surface area contributed by atoms with Crippen molar-refractivity contribution < 1.29 is 0 Å². The fourth-order valence-electron chi connectivity index (χ4n) is 4.07. The van der Waals surface area contributed by atoms with Crippen molar-refractivity contribution in [2.45, 2.75) is 32.6 Å². The number of nitrogens with zero attached hydrogens (tertiary/aromatic N) is 8. The van der Waals surface area contributed by atoms with Crippen LogP contribution in [0.4, 0.5) is 17.8 Å². The molecule has 0 unspecified atom stereocenters. The molecule has 1 aromatic carbocycles. The number of anilines is 3. The number of benzene rings is 1. The maximum atomic E-state index is 6.60. The van der Waals surface area contributed by atoms with Crippen LogP contribution in [-0.4, -0.2) is 57.1 Å². The van der Waals surface area contributed by atoms with Gasteiger partial charge in [0.1, 0.15) is 5.15 Å². The van der Waals surface area contributed by atoms with Gasteiger partial charge >= 0.3 is 0 Å². The maximum absolute atomic E-state index is 6.60. The van der Waals surface area contributed by atoms with Gasteiger partial charge in [-0.15, -0.1) is 0 Å². The van der Waals surface area contributed by atoms with E-state index in [2.05, 4.69) is 35.4 Å². The highest BCUT2D eigenvalue weighted by molar-refractivity contribution is 6.32. The van der Waals surface area contributed by atoms with E-state index in [1.165, 1.54) is 0 Å². The highest BCUT2D eigenvalue weighted by Gasteiger charge is 2.21. The molecule has 0 amide bonds. The molecule has 3 aromatic rings. The number of para-hydroxylation sites is 1. The molecule has 5 rings (SSSR count). The van der Waals surface area contributed by atoms with Gasteiger partial charge < -0.3 is 9.80 Å². The topological polar surface area (TPSA) is 87.4 Å². The first-order valence-electron chi connectivity index (χ1n) is 11.0. The number of nitrogens with one attached hydrogen (secondary N) is 1. The predicted octanol–water partition coefficient (Wildman–Crippen LogP) is 3.67. The van der Waals surface area contributed by atoms with Gasteiger partial charge in [0, 0.05) is 26.2 Å². The number of halogens is 1. The summed E-state index contributed by atoms with van der Waals surface area (Å²) in [5.74, 6) is 1.86. The zero-order valence-electron chi connectivity index (χ0n) is 18.1. The van der Waals surface area contributed by atoms with E-state index in [1.54, 1.807) is 10.9 Å². The van der Waals surface area contributed by atoms with E-state index < -0.39 is 0 Å². The Labute approximate surface area is 192 Å². The zero-order chi connectivity index (χ0) is 21.9. The van der Waals surface area contributed by atoms with Gasteiger partial charge in [-0.1, -0.05) is 29.8 Å². The number of aromatic nitrogens is 5. The molecule has 9 nitrogen and oxygen atoms in total. The predicted molar refractivity (Wildman–Crippen MR) is 127 cm³/mol. The highest BCUT2D eigenvalue weighted by atomic mass is 35.5. The minimum Gasteiger partial charge on any atom is -0.341 e. The number of hydrogen-bond acceptors (Lipinski definition) is 8. The van der Waals surface area contributed by atoms with Gasteiger partial charge in [0.15, 0.2) is 0 Å². The molecule has 0 atom stereocenters. The summed E-state index contributed by atoms with van der Waals surface area (Å²) in [6.45, 7) is 5.80. The average molecular weight is 452 g/mol. The van der Waals surface area contributed by atoms with Crippen LogP contribution in [0.5, 0.6) is 0 Å². The molecule has 1 N–H and O–H groups in total. The molecule has 2 aliphatic rings. The highest BCUT2D eigenvalue weighted by Crippen LogP contribution is 2.24. The summed E-state index contributed by atoms with van der Waals surface area (Å²) < 4.78 is 1.71. The Morgan fingerprint density at radius 1 is 0.906 bits per heavy atom. The fraction of sp³-hybridized carbons (Fsp3) is 0.409. The lowest BCUT2D eigenvalue weighted by Gasteiger charge is -2.20. The van der Waals surface area contributed by atoms with Gasteiger partial charge in [0.2, 0.25) is 17.8 Å². The van der Waals surface area contributed by atoms with Gasteiger partial charge in [0.05, 0.1) is 23.2 Å². The van der Waals surface area contributed by atoms with Crippen LogP contribution < -0.4 is 15.2 Å². The third-order valence-corrected chi connectivity index (χ3v) is 6.16. The van der Waals surface area contributed by atoms with Crippen LogP contribution in [0.15, 0.2) is 35.4 Å². The maximum Gasteiger partial charge on any atom is 0.250 e. The smallest absolute Gasteiger partial charge is 0.250 e. The normalized spacial score (nSPS) is 16.4. The van der Waals surface area contributed by atoms with E-state index >= 15 is 0 Å². The second-order valence-corrected chi connectivity index (χ2v) is 8.41. The van der Waals surface area contributed by atoms with Gasteiger partial charge in [-0.3, -0.25) is 0 Å². The Balaban J connectivity index is 1.39. The monoisotopic (exact) mass is 451 g/mol. The van der Waals surface area contributed by atoms with Crippen molar-refractivity contribution in [1.82, 2.24) is 24.7 Å². The molecule has 32 heavy (non-hydrogen) atoms. The molecule has 2 saturated heterocycles. The van der Waals surface area contributed by atoms with Crippen molar-refractivity contribution in [1.29, 1.82) is 0 Å². The molecular formula is C22H26ClN9. The van der Waals surface area contributed by atoms with Gasteiger partial charge in [-0.25, -0.2) is 10.1 Å². The van der Waals surface area contributed by atoms with E-state index in [0.717, 1.165) is 68.8 Å². The Hall–Kier alpha value is -3.20. The first-order chi connectivity index (χ1) is 15.7. The van der Waals surface area contributed by atoms with E-state index in [4.69, 9.17) is 16.6 Å². The summed E-state index contributed by atoms with van der Waals surface area (Å²) in [7, 11) is 0. The van der Waals surface area contributed by atoms with E-state index in [-0.39, 0.29) is 0 Å². The summed E-state index contributed by atoms with van der Waals surface area (Å²) in [5, 5.41) is 9.43. The molecular weight excluding hydrogens is 426 g/mol. The van der Waals surface area contributed by atoms with E-state index in [0.29, 0.717) is 23.0 Å². The van der Waals surface area contributed by atoms with Crippen LogP contribution in [0.2, 0.25) is 5.15 Å². The molecule has 4 heterocycles. The summed E-state index contributed by atoms with van der Waals surface area (Å²) >= 11 is 6.60. The van der Waals surface area contributed by atoms with Crippen LogP contribution in [0.25, 0.3) is 5.69 Å². The molecule has 0 saturated carbocycles. The van der Waals surface area contributed by atoms with Crippen LogP contribution in [0, 0.1) is 6.92 Å². The quantitative estimate of drug-likeness (QED) is 0.452. The third-order valence-electron chi connectivity index (χ3n) is 5.80. The Morgan fingerprint density at radius 3 is 2.09 bits per heavy atom. The fourth-order valence-corrected chi connectivity index (χ4v) is 4.39. The van der Waals surface area contributed by atoms with Crippen molar-refractivity contribution in [3.05, 3.63) is 46.7 Å². The van der Waals surface area contributed by atoms with Crippen LogP contribution in [0.3, 0.4) is 0 Å². The number of aryl methyl sites for hydroxylation is 1. The van der Waals surface area contributed by atoms with E-state index in [9.17, 15) is 0 Å². The second-order valence-electron chi connectivity index (χ2n) is 8.05. The summed E-state index contributed by atoms with van der Waals surface area (Å²) in [5.41, 5.74) is 5.42. The summed E-state index contributed by atoms with van der Waals surface area (Å²) in [6.07, 6.45) is 6.31. The summed E-state index contributed by atoms with van der Waals surface area (Å²) in [6, 6.07) is 9.79. The number of hydrogen-bond donors (Lipinski definition) is 1. The van der Waals surface area contributed by atoms with Gasteiger partial charge in [-0.2, -0.15) is 25.2 Å². The Morgan fingerprint density at radius 2 is 1.50 bits per heavy atom. The van der Waals surface area contributed by atoms with Crippen LogP contribution >= 0.6 is 11.6 Å². The molecule has 2 aromatic heterocycles. The standard InChI is InChI=1S/C22H26ClN9/c1-16-18(19(23)32(29-16)17-9-3-2-4-10-17)15-24-28-20-25-21(30-11-5-6-12-30)27-22(26-20)31-13-7-8-14-31/h2-4,9-10,15H,5-8,11-14H2,1H3,(H,25,26,27,28)/b24-15-. The molecule has 2 aliphatic heterocycles. The average Bonchev–Trinajstić information content (AvgIpc) is 3.58. The van der Waals surface area contributed by atoms with Crippen molar-refractivity contribution >= 4 is 35.7 Å². The zero-order valence-corrected chi connectivity index (χ0v) is 18.8. The van der Waals surface area contributed by atoms with E-state index in [1.807, 2.05) is 37.3 Å². The van der Waals surface area contributed by atoms with Crippen LogP contribution in [0.1, 0.15) is 36.9 Å². The van der Waals surface area contributed by atoms with Gasteiger partial charge in [-0.05, 0) is 44.7 Å². The lowest BCUT2D eigenvalue weighted by molar-refractivity contribution is 0.838. The lowest BCUT2D eigenvalue weighted by Crippen LogP contribution is -2.25. The minimum atomic E-state index is 0.435. The third kappa shape index (κ3) is 4.25. The molecule has 0 radical (unpaired) electrons. The Bertz CT molecular complexity index is 1070. The van der Waals surface area contributed by atoms with Crippen molar-refractivity contribution in [2.24, 2.45) is 5.10 Å². The molecule has 0 bridgehead atoms. The lowest BCUT2D eigenvalue weighted by atomic mass is 10.3. The first kappa shape index (κ1) is 20.7. The second kappa shape index (κ2) is 9.12. The molecule has 0 spiro atoms. The molecule has 10 heteroatoms. The minimum absolute atomic E-state index is 0.435. The molecule has 166 valence electrons. The van der Waals surface area contributed by atoms with Crippen molar-refractivity contribution in [2.75, 3.05) is 41.4 Å². The largest absolute Gasteiger partial charge is 0.341 e. The Kier molecular flexibility index (Phi) is 5.89. The first-order valence-corrected chi connectivity index (χ1v) is 11.4. The van der Waals surface area contributed by atoms with Crippen LogP contribution in [-0.2, 0) is 0 Å². The summed E-state index contributed by atoms with van der Waals surface area (Å²) in [4.78, 5) is 18.4. The molecule has 2 fully saturated rings. The number of hydrazone groups is 1. The number of rotatable bonds is 6. The van der Waals surface area contributed by atoms with Gasteiger partial charge in [0.25, 0.3) is 0 Å². The van der Waals surface area contributed by atoms with Crippen molar-refractivity contribution in [3.8, 4) is 5.69 Å². The van der Waals surface area contributed by atoms with Crippen molar-refractivity contribution in [3.63, 3.8) is 0 Å². The SMILES string of the molecule is Cc1nn(-c2ccccc2)c(Cl)c1/C=N\Nc1nc(N2CCCC2)nc(N2CCCC2)n1.